The molecule has 0 aromatic heterocycles. The largest absolute Gasteiger partial charge is 0.395 e. The molecule has 0 fully saturated rings. The first-order valence-electron chi connectivity index (χ1n) is 3.95. The minimum atomic E-state index is -0.126. The standard InChI is InChI=1S/C8H20N2O/c1-8(2,3)10(4)5-7(9)6-11/h7,11H,5-6,9H2,1-4H3. The number of hydrogen-bond acceptors (Lipinski definition) is 3. The summed E-state index contributed by atoms with van der Waals surface area (Å²) in [6.07, 6.45) is 0. The second-order valence-electron chi connectivity index (χ2n) is 3.99. The number of aliphatic hydroxyl groups is 1. The zero-order valence-electron chi connectivity index (χ0n) is 7.96. The van der Waals surface area contributed by atoms with E-state index in [9.17, 15) is 0 Å². The average molecular weight is 160 g/mol. The van der Waals surface area contributed by atoms with Gasteiger partial charge in [-0.1, -0.05) is 0 Å². The van der Waals surface area contributed by atoms with Crippen LogP contribution < -0.4 is 5.73 Å². The van der Waals surface area contributed by atoms with Crippen LogP contribution in [0.4, 0.5) is 0 Å². The Bertz CT molecular complexity index is 109. The molecule has 0 aromatic rings. The number of aliphatic hydroxyl groups excluding tert-OH is 1. The summed E-state index contributed by atoms with van der Waals surface area (Å²) in [6.45, 7) is 7.16. The van der Waals surface area contributed by atoms with E-state index in [1.807, 2.05) is 7.05 Å². The molecule has 0 heterocycles. The Labute approximate surface area is 69.2 Å². The van der Waals surface area contributed by atoms with Gasteiger partial charge in [0.2, 0.25) is 0 Å². The molecule has 1 unspecified atom stereocenters. The van der Waals surface area contributed by atoms with Crippen molar-refractivity contribution < 1.29 is 5.11 Å². The van der Waals surface area contributed by atoms with Crippen LogP contribution in [0.5, 0.6) is 0 Å². The molecule has 0 saturated heterocycles. The Morgan fingerprint density at radius 1 is 1.45 bits per heavy atom. The second-order valence-corrected chi connectivity index (χ2v) is 3.99. The van der Waals surface area contributed by atoms with E-state index in [0.29, 0.717) is 0 Å². The molecule has 0 radical (unpaired) electrons. The number of nitrogens with two attached hydrogens (primary N) is 1. The SMILES string of the molecule is CN(CC(N)CO)C(C)(C)C. The van der Waals surface area contributed by atoms with Gasteiger partial charge in [-0.05, 0) is 27.8 Å². The third-order valence-corrected chi connectivity index (χ3v) is 1.89. The third-order valence-electron chi connectivity index (χ3n) is 1.89. The molecule has 0 aliphatic heterocycles. The first-order chi connectivity index (χ1) is 4.88. The summed E-state index contributed by atoms with van der Waals surface area (Å²) in [5.74, 6) is 0. The van der Waals surface area contributed by atoms with Gasteiger partial charge in [-0.3, -0.25) is 4.90 Å². The molecule has 3 N–H and O–H groups in total. The van der Waals surface area contributed by atoms with Gasteiger partial charge in [0.15, 0.2) is 0 Å². The molecular weight excluding hydrogens is 140 g/mol. The fraction of sp³-hybridized carbons (Fsp3) is 1.00. The lowest BCUT2D eigenvalue weighted by molar-refractivity contribution is 0.144. The Hall–Kier alpha value is -0.120. The van der Waals surface area contributed by atoms with E-state index in [1.165, 1.54) is 0 Å². The van der Waals surface area contributed by atoms with Crippen molar-refractivity contribution >= 4 is 0 Å². The van der Waals surface area contributed by atoms with Crippen LogP contribution in [-0.2, 0) is 0 Å². The minimum Gasteiger partial charge on any atom is -0.395 e. The van der Waals surface area contributed by atoms with Gasteiger partial charge in [-0.15, -0.1) is 0 Å². The van der Waals surface area contributed by atoms with Crippen LogP contribution in [0.2, 0.25) is 0 Å². The van der Waals surface area contributed by atoms with Crippen molar-refractivity contribution in [1.82, 2.24) is 4.90 Å². The molecule has 11 heavy (non-hydrogen) atoms. The van der Waals surface area contributed by atoms with Crippen molar-refractivity contribution in [2.24, 2.45) is 5.73 Å². The maximum Gasteiger partial charge on any atom is 0.0595 e. The summed E-state index contributed by atoms with van der Waals surface area (Å²) >= 11 is 0. The third kappa shape index (κ3) is 4.35. The highest BCUT2D eigenvalue weighted by Gasteiger charge is 2.18. The molecule has 0 aliphatic carbocycles. The molecule has 0 amide bonds. The van der Waals surface area contributed by atoms with Gasteiger partial charge in [0.25, 0.3) is 0 Å². The molecule has 68 valence electrons. The Kier molecular flexibility index (Phi) is 4.00. The highest BCUT2D eigenvalue weighted by Crippen LogP contribution is 2.09. The van der Waals surface area contributed by atoms with E-state index >= 15 is 0 Å². The van der Waals surface area contributed by atoms with E-state index < -0.39 is 0 Å². The fourth-order valence-corrected chi connectivity index (χ4v) is 0.683. The van der Waals surface area contributed by atoms with Gasteiger partial charge in [0.1, 0.15) is 0 Å². The van der Waals surface area contributed by atoms with Gasteiger partial charge >= 0.3 is 0 Å². The van der Waals surface area contributed by atoms with Crippen LogP contribution >= 0.6 is 0 Å². The molecule has 0 spiro atoms. The molecule has 1 atom stereocenters. The van der Waals surface area contributed by atoms with E-state index in [4.69, 9.17) is 10.8 Å². The Morgan fingerprint density at radius 2 is 1.91 bits per heavy atom. The number of likely N-dealkylation sites (N-methyl/N-ethyl adjacent to an activating group) is 1. The van der Waals surface area contributed by atoms with Crippen LogP contribution in [0.3, 0.4) is 0 Å². The van der Waals surface area contributed by atoms with Crippen LogP contribution in [0.1, 0.15) is 20.8 Å². The molecule has 0 aliphatic rings. The lowest BCUT2D eigenvalue weighted by Gasteiger charge is -2.33. The van der Waals surface area contributed by atoms with Gasteiger partial charge < -0.3 is 10.8 Å². The normalized spacial score (nSPS) is 15.5. The number of hydrogen-bond donors (Lipinski definition) is 2. The summed E-state index contributed by atoms with van der Waals surface area (Å²) in [5.41, 5.74) is 5.71. The van der Waals surface area contributed by atoms with Crippen molar-refractivity contribution in [2.45, 2.75) is 32.4 Å². The molecule has 0 rings (SSSR count). The summed E-state index contributed by atoms with van der Waals surface area (Å²) in [4.78, 5) is 2.13. The zero-order chi connectivity index (χ0) is 9.07. The molecule has 0 bridgehead atoms. The summed E-state index contributed by atoms with van der Waals surface area (Å²) in [7, 11) is 2.01. The molecule has 3 nitrogen and oxygen atoms in total. The maximum atomic E-state index is 8.70. The first-order valence-corrected chi connectivity index (χ1v) is 3.95. The molecule has 0 saturated carbocycles. The van der Waals surface area contributed by atoms with E-state index in [1.54, 1.807) is 0 Å². The lowest BCUT2D eigenvalue weighted by Crippen LogP contribution is -2.46. The predicted molar refractivity (Wildman–Crippen MR) is 47.4 cm³/mol. The van der Waals surface area contributed by atoms with Crippen LogP contribution in [0.25, 0.3) is 0 Å². The van der Waals surface area contributed by atoms with Gasteiger partial charge in [0.05, 0.1) is 6.61 Å². The minimum absolute atomic E-state index is 0.0560. The Balaban J connectivity index is 3.77. The topological polar surface area (TPSA) is 49.5 Å². The summed E-state index contributed by atoms with van der Waals surface area (Å²) in [5, 5.41) is 8.70. The van der Waals surface area contributed by atoms with Crippen molar-refractivity contribution in [3.05, 3.63) is 0 Å². The van der Waals surface area contributed by atoms with Crippen molar-refractivity contribution in [1.29, 1.82) is 0 Å². The van der Waals surface area contributed by atoms with Crippen molar-refractivity contribution in [3.63, 3.8) is 0 Å². The van der Waals surface area contributed by atoms with E-state index in [2.05, 4.69) is 25.7 Å². The molecular formula is C8H20N2O. The lowest BCUT2D eigenvalue weighted by atomic mass is 10.1. The number of rotatable bonds is 3. The van der Waals surface area contributed by atoms with E-state index in [-0.39, 0.29) is 18.2 Å². The monoisotopic (exact) mass is 160 g/mol. The van der Waals surface area contributed by atoms with Crippen LogP contribution in [0, 0.1) is 0 Å². The van der Waals surface area contributed by atoms with E-state index in [0.717, 1.165) is 6.54 Å². The highest BCUT2D eigenvalue weighted by molar-refractivity contribution is 4.76. The maximum absolute atomic E-state index is 8.70. The van der Waals surface area contributed by atoms with Gasteiger partial charge in [-0.25, -0.2) is 0 Å². The summed E-state index contributed by atoms with van der Waals surface area (Å²) in [6, 6.07) is -0.126. The Morgan fingerprint density at radius 3 is 2.18 bits per heavy atom. The van der Waals surface area contributed by atoms with Gasteiger partial charge in [0, 0.05) is 18.1 Å². The summed E-state index contributed by atoms with van der Waals surface area (Å²) < 4.78 is 0. The second kappa shape index (κ2) is 4.04. The predicted octanol–water partition coefficient (Wildman–Crippen LogP) is 0.0363. The van der Waals surface area contributed by atoms with Gasteiger partial charge in [-0.2, -0.15) is 0 Å². The number of nitrogens with zero attached hydrogens (tertiary/aromatic N) is 1. The van der Waals surface area contributed by atoms with Crippen LogP contribution in [0.15, 0.2) is 0 Å². The van der Waals surface area contributed by atoms with Crippen molar-refractivity contribution in [3.8, 4) is 0 Å². The first kappa shape index (κ1) is 10.9. The highest BCUT2D eigenvalue weighted by atomic mass is 16.3. The smallest absolute Gasteiger partial charge is 0.0595 e. The zero-order valence-corrected chi connectivity index (χ0v) is 7.96. The fourth-order valence-electron chi connectivity index (χ4n) is 0.683. The average Bonchev–Trinajstić information content (AvgIpc) is 1.85. The quantitative estimate of drug-likeness (QED) is 0.612. The van der Waals surface area contributed by atoms with Crippen LogP contribution in [-0.4, -0.2) is 41.8 Å². The molecule has 3 heteroatoms. The van der Waals surface area contributed by atoms with Crippen molar-refractivity contribution in [2.75, 3.05) is 20.2 Å². The molecule has 0 aromatic carbocycles.